The number of hydrogen-bond donors (Lipinski definition) is 0. The average Bonchev–Trinajstić information content (AvgIpc) is 3.09. The normalized spacial score (nSPS) is 13.5. The van der Waals surface area contributed by atoms with Gasteiger partial charge in [-0.05, 0) is 54.3 Å². The van der Waals surface area contributed by atoms with Crippen LogP contribution in [0.15, 0.2) is 48.7 Å². The molecule has 5 nitrogen and oxygen atoms in total. The molecule has 1 aliphatic heterocycles. The summed E-state index contributed by atoms with van der Waals surface area (Å²) in [6, 6.07) is 10.6. The first-order valence-electron chi connectivity index (χ1n) is 8.35. The molecule has 1 amide bonds. The van der Waals surface area contributed by atoms with Crippen LogP contribution in [0, 0.1) is 11.6 Å². The molecule has 4 rings (SSSR count). The van der Waals surface area contributed by atoms with E-state index in [2.05, 4.69) is 10.3 Å². The summed E-state index contributed by atoms with van der Waals surface area (Å²) < 4.78 is 28.2. The fraction of sp³-hybridized carbons (Fsp3) is 0.211. The fourth-order valence-corrected chi connectivity index (χ4v) is 3.21. The number of hydrogen-bond acceptors (Lipinski definition) is 3. The molecule has 0 saturated carbocycles. The molecule has 0 aliphatic carbocycles. The van der Waals surface area contributed by atoms with Crippen LogP contribution in [0.4, 0.5) is 14.5 Å². The highest BCUT2D eigenvalue weighted by molar-refractivity contribution is 6.05. The maximum atomic E-state index is 13.4. The van der Waals surface area contributed by atoms with Crippen LogP contribution >= 0.6 is 0 Å². The topological polar surface area (TPSA) is 51.0 Å². The number of anilines is 1. The molecule has 0 saturated heterocycles. The lowest BCUT2D eigenvalue weighted by atomic mass is 10.0. The van der Waals surface area contributed by atoms with Crippen LogP contribution in [0.2, 0.25) is 0 Å². The lowest BCUT2D eigenvalue weighted by molar-refractivity contribution is 0.0980. The minimum absolute atomic E-state index is 0.207. The molecule has 1 aliphatic rings. The van der Waals surface area contributed by atoms with Crippen LogP contribution in [0.3, 0.4) is 0 Å². The Morgan fingerprint density at radius 1 is 1.12 bits per heavy atom. The maximum Gasteiger partial charge on any atom is 0.280 e. The van der Waals surface area contributed by atoms with E-state index in [1.165, 1.54) is 28.9 Å². The lowest BCUT2D eigenvalue weighted by Gasteiger charge is -2.28. The molecule has 0 bridgehead atoms. The number of fused-ring (bicyclic) bond motifs is 1. The first-order valence-corrected chi connectivity index (χ1v) is 8.35. The molecule has 132 valence electrons. The van der Waals surface area contributed by atoms with Crippen molar-refractivity contribution in [3.63, 3.8) is 0 Å². The summed E-state index contributed by atoms with van der Waals surface area (Å²) in [5.74, 6) is -0.904. The number of carbonyl (C=O) groups is 1. The number of rotatable bonds is 3. The molecule has 0 radical (unpaired) electrons. The van der Waals surface area contributed by atoms with Gasteiger partial charge in [-0.2, -0.15) is 0 Å². The zero-order valence-corrected chi connectivity index (χ0v) is 13.9. The summed E-state index contributed by atoms with van der Waals surface area (Å²) in [4.78, 5) is 14.4. The molecule has 0 spiro atoms. The van der Waals surface area contributed by atoms with Gasteiger partial charge in [0.15, 0.2) is 5.69 Å². The number of aromatic nitrogens is 3. The Balaban J connectivity index is 1.56. The monoisotopic (exact) mass is 354 g/mol. The third-order valence-electron chi connectivity index (χ3n) is 4.40. The smallest absolute Gasteiger partial charge is 0.280 e. The van der Waals surface area contributed by atoms with Crippen molar-refractivity contribution in [2.75, 3.05) is 11.4 Å². The number of nitrogens with zero attached hydrogens (tertiary/aromatic N) is 4. The second-order valence-electron chi connectivity index (χ2n) is 6.26. The Hall–Kier alpha value is -3.09. The Morgan fingerprint density at radius 3 is 2.81 bits per heavy atom. The lowest BCUT2D eigenvalue weighted by Crippen LogP contribution is -2.35. The van der Waals surface area contributed by atoms with Gasteiger partial charge < -0.3 is 4.90 Å². The number of aryl methyl sites for hydroxylation is 1. The van der Waals surface area contributed by atoms with Crippen molar-refractivity contribution in [3.05, 3.63) is 77.1 Å². The van der Waals surface area contributed by atoms with E-state index in [1.54, 1.807) is 29.3 Å². The van der Waals surface area contributed by atoms with Crippen LogP contribution in [-0.4, -0.2) is 27.4 Å². The number of halogens is 2. The van der Waals surface area contributed by atoms with Crippen molar-refractivity contribution >= 4 is 11.6 Å². The first kappa shape index (κ1) is 16.4. The van der Waals surface area contributed by atoms with E-state index in [-0.39, 0.29) is 23.2 Å². The van der Waals surface area contributed by atoms with Crippen molar-refractivity contribution in [2.24, 2.45) is 0 Å². The molecule has 0 unspecified atom stereocenters. The van der Waals surface area contributed by atoms with E-state index < -0.39 is 0 Å². The van der Waals surface area contributed by atoms with Crippen molar-refractivity contribution in [1.29, 1.82) is 0 Å². The Labute approximate surface area is 148 Å². The van der Waals surface area contributed by atoms with Gasteiger partial charge in [-0.3, -0.25) is 4.79 Å². The molecule has 2 aromatic carbocycles. The summed E-state index contributed by atoms with van der Waals surface area (Å²) in [6.07, 6.45) is 3.05. The molecule has 7 heteroatoms. The van der Waals surface area contributed by atoms with Crippen molar-refractivity contribution in [3.8, 4) is 0 Å². The highest BCUT2D eigenvalue weighted by atomic mass is 19.1. The third-order valence-corrected chi connectivity index (χ3v) is 4.40. The van der Waals surface area contributed by atoms with Crippen LogP contribution in [0.1, 0.15) is 28.0 Å². The van der Waals surface area contributed by atoms with Crippen molar-refractivity contribution in [2.45, 2.75) is 19.4 Å². The zero-order chi connectivity index (χ0) is 18.1. The van der Waals surface area contributed by atoms with E-state index in [9.17, 15) is 13.6 Å². The molecule has 2 heterocycles. The summed E-state index contributed by atoms with van der Waals surface area (Å²) in [6.45, 7) is 0.869. The predicted molar refractivity (Wildman–Crippen MR) is 91.9 cm³/mol. The standard InChI is InChI=1S/C19H16F2N4O/c20-15-5-1-3-13(9-15)11-24-12-17(22-23-24)19(26)25-8-2-4-14-10-16(21)6-7-18(14)25/h1,3,5-7,9-10,12H,2,4,8,11H2. The largest absolute Gasteiger partial charge is 0.307 e. The molecule has 3 aromatic rings. The molecular weight excluding hydrogens is 338 g/mol. The van der Waals surface area contributed by atoms with E-state index in [1.807, 2.05) is 0 Å². The number of carbonyl (C=O) groups excluding carboxylic acids is 1. The summed E-state index contributed by atoms with van der Waals surface area (Å²) in [7, 11) is 0. The highest BCUT2D eigenvalue weighted by Crippen LogP contribution is 2.28. The summed E-state index contributed by atoms with van der Waals surface area (Å²) >= 11 is 0. The predicted octanol–water partition coefficient (Wildman–Crippen LogP) is 3.20. The summed E-state index contributed by atoms with van der Waals surface area (Å²) in [5.41, 5.74) is 2.46. The minimum Gasteiger partial charge on any atom is -0.307 e. The van der Waals surface area contributed by atoms with Crippen molar-refractivity contribution < 1.29 is 13.6 Å². The van der Waals surface area contributed by atoms with Gasteiger partial charge in [-0.15, -0.1) is 5.10 Å². The van der Waals surface area contributed by atoms with Gasteiger partial charge in [0.05, 0.1) is 12.7 Å². The van der Waals surface area contributed by atoms with Gasteiger partial charge in [0, 0.05) is 12.2 Å². The third kappa shape index (κ3) is 3.20. The van der Waals surface area contributed by atoms with Gasteiger partial charge in [-0.25, -0.2) is 13.5 Å². The number of benzene rings is 2. The molecular formula is C19H16F2N4O. The van der Waals surface area contributed by atoms with E-state index in [4.69, 9.17) is 0 Å². The average molecular weight is 354 g/mol. The van der Waals surface area contributed by atoms with Crippen molar-refractivity contribution in [1.82, 2.24) is 15.0 Å². The van der Waals surface area contributed by atoms with Crippen LogP contribution < -0.4 is 4.90 Å². The minimum atomic E-state index is -0.323. The van der Waals surface area contributed by atoms with Gasteiger partial charge >= 0.3 is 0 Å². The van der Waals surface area contributed by atoms with E-state index in [0.29, 0.717) is 18.8 Å². The number of amides is 1. The second-order valence-corrected chi connectivity index (χ2v) is 6.26. The molecule has 0 N–H and O–H groups in total. The van der Waals surface area contributed by atoms with Crippen LogP contribution in [0.5, 0.6) is 0 Å². The van der Waals surface area contributed by atoms with E-state index in [0.717, 1.165) is 24.0 Å². The highest BCUT2D eigenvalue weighted by Gasteiger charge is 2.25. The molecule has 1 aromatic heterocycles. The second kappa shape index (κ2) is 6.67. The van der Waals surface area contributed by atoms with Crippen LogP contribution in [0.25, 0.3) is 0 Å². The van der Waals surface area contributed by atoms with Gasteiger partial charge in [0.2, 0.25) is 0 Å². The SMILES string of the molecule is O=C(c1cn(Cc2cccc(F)c2)nn1)N1CCCc2cc(F)ccc21. The quantitative estimate of drug-likeness (QED) is 0.726. The van der Waals surface area contributed by atoms with E-state index >= 15 is 0 Å². The van der Waals surface area contributed by atoms with Gasteiger partial charge in [-0.1, -0.05) is 17.3 Å². The molecule has 0 fully saturated rings. The Bertz CT molecular complexity index is 970. The maximum absolute atomic E-state index is 13.4. The Kier molecular flexibility index (Phi) is 4.20. The fourth-order valence-electron chi connectivity index (χ4n) is 3.21. The molecule has 0 atom stereocenters. The van der Waals surface area contributed by atoms with Gasteiger partial charge in [0.1, 0.15) is 11.6 Å². The van der Waals surface area contributed by atoms with Gasteiger partial charge in [0.25, 0.3) is 5.91 Å². The zero-order valence-electron chi connectivity index (χ0n) is 13.9. The molecule has 26 heavy (non-hydrogen) atoms. The Morgan fingerprint density at radius 2 is 1.96 bits per heavy atom. The van der Waals surface area contributed by atoms with Crippen LogP contribution in [-0.2, 0) is 13.0 Å². The summed E-state index contributed by atoms with van der Waals surface area (Å²) in [5, 5.41) is 7.92. The first-order chi connectivity index (χ1) is 12.6.